The van der Waals surface area contributed by atoms with E-state index in [-0.39, 0.29) is 5.91 Å². The molecule has 1 aliphatic rings. The third kappa shape index (κ3) is 2.42. The van der Waals surface area contributed by atoms with Crippen LogP contribution in [0.15, 0.2) is 18.2 Å². The lowest BCUT2D eigenvalue weighted by Crippen LogP contribution is -2.29. The van der Waals surface area contributed by atoms with E-state index in [9.17, 15) is 4.79 Å². The van der Waals surface area contributed by atoms with E-state index in [4.69, 9.17) is 5.73 Å². The largest absolute Gasteiger partial charge is 0.375 e. The lowest BCUT2D eigenvalue weighted by molar-refractivity contribution is 0.0787. The number of aromatic nitrogens is 1. The van der Waals surface area contributed by atoms with Crippen LogP contribution in [0.3, 0.4) is 0 Å². The number of anilines is 1. The van der Waals surface area contributed by atoms with Gasteiger partial charge < -0.3 is 10.6 Å². The Morgan fingerprint density at radius 2 is 2.32 bits per heavy atom. The normalized spacial score (nSPS) is 21.6. The highest BCUT2D eigenvalue weighted by atomic mass is 32.1. The molecule has 2 aromatic rings. The highest BCUT2D eigenvalue weighted by molar-refractivity contribution is 7.22. The number of carbonyl (C=O) groups excluding carboxylic acids is 1. The first-order valence-electron chi connectivity index (χ1n) is 6.46. The molecule has 3 rings (SSSR count). The summed E-state index contributed by atoms with van der Waals surface area (Å²) < 4.78 is 0.969. The van der Waals surface area contributed by atoms with Crippen LogP contribution < -0.4 is 5.73 Å². The summed E-state index contributed by atoms with van der Waals surface area (Å²) in [7, 11) is 1.87. The maximum atomic E-state index is 12.3. The van der Waals surface area contributed by atoms with Gasteiger partial charge in [0, 0.05) is 19.2 Å². The topological polar surface area (TPSA) is 59.2 Å². The number of hydrogen-bond donors (Lipinski definition) is 1. The first-order chi connectivity index (χ1) is 9.04. The Labute approximate surface area is 116 Å². The van der Waals surface area contributed by atoms with E-state index in [1.807, 2.05) is 30.1 Å². The van der Waals surface area contributed by atoms with Gasteiger partial charge in [-0.3, -0.25) is 4.79 Å². The summed E-state index contributed by atoms with van der Waals surface area (Å²) in [6.45, 7) is 3.08. The predicted octanol–water partition coefficient (Wildman–Crippen LogP) is 2.61. The Morgan fingerprint density at radius 1 is 1.58 bits per heavy atom. The fourth-order valence-electron chi connectivity index (χ4n) is 2.38. The third-order valence-corrected chi connectivity index (χ3v) is 4.63. The molecule has 5 heteroatoms. The molecule has 0 aliphatic heterocycles. The molecule has 2 unspecified atom stereocenters. The van der Waals surface area contributed by atoms with Crippen molar-refractivity contribution in [1.82, 2.24) is 9.88 Å². The summed E-state index contributed by atoms with van der Waals surface area (Å²) in [4.78, 5) is 18.4. The van der Waals surface area contributed by atoms with Crippen molar-refractivity contribution >= 4 is 32.6 Å². The first kappa shape index (κ1) is 12.4. The molecule has 0 bridgehead atoms. The number of nitrogens with zero attached hydrogens (tertiary/aromatic N) is 2. The van der Waals surface area contributed by atoms with Gasteiger partial charge >= 0.3 is 0 Å². The van der Waals surface area contributed by atoms with Crippen LogP contribution in [-0.2, 0) is 0 Å². The van der Waals surface area contributed by atoms with Crippen LogP contribution >= 0.6 is 11.3 Å². The number of thiazole rings is 1. The Hall–Kier alpha value is -1.62. The second-order valence-corrected chi connectivity index (χ2v) is 6.46. The summed E-state index contributed by atoms with van der Waals surface area (Å²) >= 11 is 1.42. The maximum Gasteiger partial charge on any atom is 0.253 e. The van der Waals surface area contributed by atoms with Crippen LogP contribution in [0.25, 0.3) is 10.2 Å². The standard InChI is InChI=1S/C14H17N3OS/c1-8-5-10(8)7-17(2)13(18)9-3-4-11-12(6-9)19-14(15)16-11/h3-4,6,8,10H,5,7H2,1-2H3,(H2,15,16). The maximum absolute atomic E-state index is 12.3. The van der Waals surface area contributed by atoms with Crippen LogP contribution in [0.2, 0.25) is 0 Å². The van der Waals surface area contributed by atoms with E-state index in [1.54, 1.807) is 0 Å². The minimum atomic E-state index is 0.0768. The van der Waals surface area contributed by atoms with Gasteiger partial charge in [-0.1, -0.05) is 18.3 Å². The van der Waals surface area contributed by atoms with E-state index >= 15 is 0 Å². The number of benzene rings is 1. The smallest absolute Gasteiger partial charge is 0.253 e. The van der Waals surface area contributed by atoms with Gasteiger partial charge in [-0.25, -0.2) is 4.98 Å². The predicted molar refractivity (Wildman–Crippen MR) is 78.3 cm³/mol. The molecule has 19 heavy (non-hydrogen) atoms. The summed E-state index contributed by atoms with van der Waals surface area (Å²) in [6.07, 6.45) is 1.24. The van der Waals surface area contributed by atoms with E-state index in [2.05, 4.69) is 11.9 Å². The van der Waals surface area contributed by atoms with Crippen molar-refractivity contribution in [2.45, 2.75) is 13.3 Å². The molecular formula is C14H17N3OS. The molecule has 1 saturated carbocycles. The Kier molecular flexibility index (Phi) is 2.93. The molecule has 1 aromatic carbocycles. The average molecular weight is 275 g/mol. The summed E-state index contributed by atoms with van der Waals surface area (Å²) in [5.74, 6) is 1.52. The zero-order chi connectivity index (χ0) is 13.6. The monoisotopic (exact) mass is 275 g/mol. The third-order valence-electron chi connectivity index (χ3n) is 3.78. The molecule has 2 atom stereocenters. The van der Waals surface area contributed by atoms with E-state index in [0.717, 1.165) is 22.7 Å². The van der Waals surface area contributed by atoms with E-state index in [0.29, 0.717) is 16.6 Å². The Balaban J connectivity index is 1.80. The average Bonchev–Trinajstić information content (AvgIpc) is 2.92. The van der Waals surface area contributed by atoms with Crippen molar-refractivity contribution in [3.63, 3.8) is 0 Å². The fraction of sp³-hybridized carbons (Fsp3) is 0.429. The lowest BCUT2D eigenvalue weighted by Gasteiger charge is -2.17. The minimum absolute atomic E-state index is 0.0768. The molecule has 0 saturated heterocycles. The van der Waals surface area contributed by atoms with Crippen molar-refractivity contribution in [1.29, 1.82) is 0 Å². The van der Waals surface area contributed by atoms with Gasteiger partial charge in [0.05, 0.1) is 10.2 Å². The highest BCUT2D eigenvalue weighted by Crippen LogP contribution is 2.38. The molecule has 0 radical (unpaired) electrons. The second-order valence-electron chi connectivity index (χ2n) is 5.39. The molecule has 100 valence electrons. The second kappa shape index (κ2) is 4.49. The van der Waals surface area contributed by atoms with Gasteiger partial charge in [-0.15, -0.1) is 0 Å². The zero-order valence-electron chi connectivity index (χ0n) is 11.1. The van der Waals surface area contributed by atoms with Crippen LogP contribution in [0, 0.1) is 11.8 Å². The molecule has 1 fully saturated rings. The van der Waals surface area contributed by atoms with E-state index < -0.39 is 0 Å². The van der Waals surface area contributed by atoms with Crippen molar-refractivity contribution < 1.29 is 4.79 Å². The lowest BCUT2D eigenvalue weighted by atomic mass is 10.2. The molecule has 2 N–H and O–H groups in total. The first-order valence-corrected chi connectivity index (χ1v) is 7.28. The van der Waals surface area contributed by atoms with Crippen molar-refractivity contribution in [2.24, 2.45) is 11.8 Å². The number of amides is 1. The van der Waals surface area contributed by atoms with Crippen molar-refractivity contribution in [3.05, 3.63) is 23.8 Å². The highest BCUT2D eigenvalue weighted by Gasteiger charge is 2.34. The van der Waals surface area contributed by atoms with Crippen LogP contribution in [0.5, 0.6) is 0 Å². The molecule has 4 nitrogen and oxygen atoms in total. The Bertz CT molecular complexity index is 637. The SMILES string of the molecule is CC1CC1CN(C)C(=O)c1ccc2nc(N)sc2c1. The molecule has 1 aliphatic carbocycles. The molecule has 1 amide bonds. The van der Waals surface area contributed by atoms with E-state index in [1.165, 1.54) is 17.8 Å². The summed E-state index contributed by atoms with van der Waals surface area (Å²) in [5, 5.41) is 0.541. The minimum Gasteiger partial charge on any atom is -0.375 e. The summed E-state index contributed by atoms with van der Waals surface area (Å²) in [6, 6.07) is 5.58. The number of nitrogen functional groups attached to an aromatic ring is 1. The molecule has 1 heterocycles. The number of fused-ring (bicyclic) bond motifs is 1. The van der Waals surface area contributed by atoms with Crippen LogP contribution in [0.1, 0.15) is 23.7 Å². The number of nitrogens with two attached hydrogens (primary N) is 1. The van der Waals surface area contributed by atoms with Crippen LogP contribution in [-0.4, -0.2) is 29.4 Å². The molecular weight excluding hydrogens is 258 g/mol. The van der Waals surface area contributed by atoms with Crippen LogP contribution in [0.4, 0.5) is 5.13 Å². The fourth-order valence-corrected chi connectivity index (χ4v) is 3.16. The van der Waals surface area contributed by atoms with Gasteiger partial charge in [-0.2, -0.15) is 0 Å². The Morgan fingerprint density at radius 3 is 3.00 bits per heavy atom. The molecule has 0 spiro atoms. The summed E-state index contributed by atoms with van der Waals surface area (Å²) in [5.41, 5.74) is 7.25. The van der Waals surface area contributed by atoms with Gasteiger partial charge in [0.1, 0.15) is 0 Å². The molecule has 1 aromatic heterocycles. The van der Waals surface area contributed by atoms with Gasteiger partial charge in [-0.05, 0) is 36.5 Å². The zero-order valence-corrected chi connectivity index (χ0v) is 11.9. The van der Waals surface area contributed by atoms with Gasteiger partial charge in [0.2, 0.25) is 0 Å². The van der Waals surface area contributed by atoms with Gasteiger partial charge in [0.15, 0.2) is 5.13 Å². The van der Waals surface area contributed by atoms with Crippen molar-refractivity contribution in [2.75, 3.05) is 19.3 Å². The number of rotatable bonds is 3. The van der Waals surface area contributed by atoms with Crippen molar-refractivity contribution in [3.8, 4) is 0 Å². The van der Waals surface area contributed by atoms with Gasteiger partial charge in [0.25, 0.3) is 5.91 Å². The number of hydrogen-bond acceptors (Lipinski definition) is 4. The quantitative estimate of drug-likeness (QED) is 0.936. The number of carbonyl (C=O) groups is 1.